The lowest BCUT2D eigenvalue weighted by atomic mass is 9.98. The summed E-state index contributed by atoms with van der Waals surface area (Å²) in [4.78, 5) is 17.7. The number of benzene rings is 2. The van der Waals surface area contributed by atoms with Crippen molar-refractivity contribution in [3.63, 3.8) is 0 Å². The van der Waals surface area contributed by atoms with E-state index >= 15 is 0 Å². The molecule has 1 saturated carbocycles. The molecule has 12 nitrogen and oxygen atoms in total. The van der Waals surface area contributed by atoms with Crippen molar-refractivity contribution in [1.82, 2.24) is 14.6 Å². The highest BCUT2D eigenvalue weighted by atomic mass is 32.2. The number of rotatable bonds is 13. The van der Waals surface area contributed by atoms with Gasteiger partial charge in [0.1, 0.15) is 17.4 Å². The summed E-state index contributed by atoms with van der Waals surface area (Å²) in [5, 5.41) is 17.5. The molecule has 3 heterocycles. The van der Waals surface area contributed by atoms with Crippen LogP contribution in [-0.4, -0.2) is 85.8 Å². The summed E-state index contributed by atoms with van der Waals surface area (Å²) in [6.07, 6.45) is -1.91. The second-order valence-electron chi connectivity index (χ2n) is 13.5. The molecule has 2 aliphatic heterocycles. The third-order valence-corrected chi connectivity index (χ3v) is 10.8. The summed E-state index contributed by atoms with van der Waals surface area (Å²) in [7, 11) is -4.14. The molecule has 1 aliphatic carbocycles. The van der Waals surface area contributed by atoms with Crippen LogP contribution < -0.4 is 10.6 Å². The third-order valence-electron chi connectivity index (χ3n) is 9.01. The molecule has 3 fully saturated rings. The first-order valence-corrected chi connectivity index (χ1v) is 17.6. The average Bonchev–Trinajstić information content (AvgIpc) is 3.67. The van der Waals surface area contributed by atoms with Gasteiger partial charge >= 0.3 is 6.09 Å². The Morgan fingerprint density at radius 1 is 1.11 bits per heavy atom. The first kappa shape index (κ1) is 33.6. The van der Waals surface area contributed by atoms with E-state index in [0.29, 0.717) is 29.9 Å². The van der Waals surface area contributed by atoms with E-state index in [4.69, 9.17) is 18.6 Å². The van der Waals surface area contributed by atoms with E-state index in [0.717, 1.165) is 6.42 Å². The lowest BCUT2D eigenvalue weighted by molar-refractivity contribution is -0.169. The summed E-state index contributed by atoms with van der Waals surface area (Å²) >= 11 is 0. The SMILES string of the molecule is CC(C)CN(C[C@@H](O)[C@H](Cc1cccc(F)c1)NC(=O)O[C@H]1[C@H]2CO[C@H]3OC[C@@H]1[C@H]3C2)S(=O)(=O)c1ccc2nc(NC(C)C)oc2c1. The molecule has 7 atom stereocenters. The van der Waals surface area contributed by atoms with Crippen molar-refractivity contribution in [3.05, 3.63) is 53.8 Å². The van der Waals surface area contributed by atoms with Crippen LogP contribution in [0.25, 0.3) is 11.1 Å². The predicted octanol–water partition coefficient (Wildman–Crippen LogP) is 4.14. The fourth-order valence-electron chi connectivity index (χ4n) is 6.90. The number of alkyl carbamates (subject to hydrolysis) is 1. The third kappa shape index (κ3) is 7.41. The Hall–Kier alpha value is -3.30. The number of halogens is 1. The van der Waals surface area contributed by atoms with Gasteiger partial charge in [-0.15, -0.1) is 0 Å². The van der Waals surface area contributed by atoms with Crippen LogP contribution in [0.2, 0.25) is 0 Å². The molecule has 0 radical (unpaired) electrons. The summed E-state index contributed by atoms with van der Waals surface area (Å²) < 4.78 is 66.6. The van der Waals surface area contributed by atoms with E-state index in [2.05, 4.69) is 15.6 Å². The number of nitrogens with one attached hydrogen (secondary N) is 2. The zero-order valence-electron chi connectivity index (χ0n) is 27.0. The van der Waals surface area contributed by atoms with Gasteiger partial charge in [0, 0.05) is 43.0 Å². The number of nitrogens with zero attached hydrogens (tertiary/aromatic N) is 2. The Kier molecular flexibility index (Phi) is 9.77. The molecule has 256 valence electrons. The van der Waals surface area contributed by atoms with E-state index in [1.807, 2.05) is 27.7 Å². The number of aliphatic hydroxyl groups excluding tert-OH is 1. The normalized spacial score (nSPS) is 25.1. The molecule has 14 heteroatoms. The number of aliphatic hydroxyl groups is 1. The number of ether oxygens (including phenoxy) is 3. The van der Waals surface area contributed by atoms with E-state index in [1.54, 1.807) is 18.2 Å². The molecule has 47 heavy (non-hydrogen) atoms. The van der Waals surface area contributed by atoms with Gasteiger partial charge < -0.3 is 34.4 Å². The largest absolute Gasteiger partial charge is 0.445 e. The number of carbonyl (C=O) groups excluding carboxylic acids is 1. The highest BCUT2D eigenvalue weighted by Crippen LogP contribution is 2.49. The molecule has 1 aromatic heterocycles. The highest BCUT2D eigenvalue weighted by Gasteiger charge is 2.56. The number of sulfonamides is 1. The van der Waals surface area contributed by atoms with Crippen molar-refractivity contribution in [2.24, 2.45) is 23.7 Å². The van der Waals surface area contributed by atoms with Gasteiger partial charge in [0.25, 0.3) is 6.01 Å². The number of aromatic nitrogens is 1. The maximum atomic E-state index is 14.1. The Morgan fingerprint density at radius 3 is 2.64 bits per heavy atom. The summed E-state index contributed by atoms with van der Waals surface area (Å²) in [5.41, 5.74) is 1.32. The molecule has 2 bridgehead atoms. The van der Waals surface area contributed by atoms with Crippen molar-refractivity contribution < 1.29 is 41.3 Å². The topological polar surface area (TPSA) is 152 Å². The molecule has 3 N–H and O–H groups in total. The van der Waals surface area contributed by atoms with Gasteiger partial charge in [-0.1, -0.05) is 26.0 Å². The molecule has 0 unspecified atom stereocenters. The fourth-order valence-corrected chi connectivity index (χ4v) is 8.53. The van der Waals surface area contributed by atoms with Gasteiger partial charge in [-0.05, 0) is 62.4 Å². The van der Waals surface area contributed by atoms with E-state index in [1.165, 1.54) is 28.6 Å². The van der Waals surface area contributed by atoms with Crippen molar-refractivity contribution in [2.75, 3.05) is 31.6 Å². The number of oxazole rings is 1. The number of hydrogen-bond donors (Lipinski definition) is 3. The number of anilines is 1. The Balaban J connectivity index is 1.22. The minimum atomic E-state index is -4.14. The Labute approximate surface area is 274 Å². The van der Waals surface area contributed by atoms with Crippen LogP contribution in [0, 0.1) is 29.5 Å². The molecule has 2 saturated heterocycles. The molecular weight excluding hydrogens is 631 g/mol. The first-order valence-electron chi connectivity index (χ1n) is 16.2. The molecule has 3 aliphatic rings. The van der Waals surface area contributed by atoms with Crippen LogP contribution in [-0.2, 0) is 30.7 Å². The molecule has 3 aromatic rings. The van der Waals surface area contributed by atoms with Crippen LogP contribution in [0.5, 0.6) is 0 Å². The average molecular weight is 675 g/mol. The van der Waals surface area contributed by atoms with Gasteiger partial charge in [0.05, 0.1) is 30.3 Å². The molecule has 6 rings (SSSR count). The first-order chi connectivity index (χ1) is 22.4. The standard InChI is InChI=1S/C33H43FN4O8S/c1-18(2)14-38(47(41,42)23-8-9-26-29(13-23)45-32(36-26)35-19(3)4)15-28(39)27(11-20-6-5-7-22(34)10-20)37-33(40)46-30-21-12-24-25(30)17-44-31(24)43-16-21/h5-10,13,18-19,21,24-25,27-28,30-31,39H,11-12,14-17H2,1-4H3,(H,35,36)(H,37,40)/t21-,24-,25-,27+,28-,30+,31+/m1/s1. The van der Waals surface area contributed by atoms with E-state index < -0.39 is 40.2 Å². The molecule has 1 amide bonds. The minimum Gasteiger partial charge on any atom is -0.445 e. The second kappa shape index (κ2) is 13.7. The zero-order chi connectivity index (χ0) is 33.5. The van der Waals surface area contributed by atoms with Crippen LogP contribution in [0.3, 0.4) is 0 Å². The monoisotopic (exact) mass is 674 g/mol. The molecule has 0 spiro atoms. The Morgan fingerprint density at radius 2 is 1.89 bits per heavy atom. The maximum absolute atomic E-state index is 14.1. The summed E-state index contributed by atoms with van der Waals surface area (Å²) in [5.74, 6) is -0.312. The van der Waals surface area contributed by atoms with Crippen molar-refractivity contribution in [3.8, 4) is 0 Å². The van der Waals surface area contributed by atoms with Crippen molar-refractivity contribution >= 4 is 33.2 Å². The van der Waals surface area contributed by atoms with Gasteiger partial charge in [-0.25, -0.2) is 17.6 Å². The number of amides is 1. The van der Waals surface area contributed by atoms with Crippen LogP contribution in [0.15, 0.2) is 51.8 Å². The minimum absolute atomic E-state index is 0.0224. The number of carbonyl (C=O) groups is 1. The number of fused-ring (bicyclic) bond motifs is 2. The second-order valence-corrected chi connectivity index (χ2v) is 15.5. The van der Waals surface area contributed by atoms with E-state index in [-0.39, 0.29) is 66.4 Å². The van der Waals surface area contributed by atoms with Crippen LogP contribution >= 0.6 is 0 Å². The van der Waals surface area contributed by atoms with E-state index in [9.17, 15) is 22.7 Å². The van der Waals surface area contributed by atoms with Gasteiger partial charge in [0.15, 0.2) is 11.9 Å². The van der Waals surface area contributed by atoms with Gasteiger partial charge in [-0.3, -0.25) is 0 Å². The smallest absolute Gasteiger partial charge is 0.407 e. The summed E-state index contributed by atoms with van der Waals surface area (Å²) in [6.45, 7) is 8.24. The maximum Gasteiger partial charge on any atom is 0.407 e. The molecular formula is C33H43FN4O8S. The highest BCUT2D eigenvalue weighted by molar-refractivity contribution is 7.89. The lowest BCUT2D eigenvalue weighted by Gasteiger charge is -2.31. The summed E-state index contributed by atoms with van der Waals surface area (Å²) in [6, 6.07) is 9.64. The quantitative estimate of drug-likeness (QED) is 0.241. The van der Waals surface area contributed by atoms with Crippen LogP contribution in [0.4, 0.5) is 15.2 Å². The van der Waals surface area contributed by atoms with Crippen LogP contribution in [0.1, 0.15) is 39.7 Å². The van der Waals surface area contributed by atoms with Crippen molar-refractivity contribution in [1.29, 1.82) is 0 Å². The molecule has 2 aromatic carbocycles. The Bertz CT molecular complexity index is 1680. The lowest BCUT2D eigenvalue weighted by Crippen LogP contribution is -2.52. The zero-order valence-corrected chi connectivity index (χ0v) is 27.8. The predicted molar refractivity (Wildman–Crippen MR) is 170 cm³/mol. The van der Waals surface area contributed by atoms with Gasteiger partial charge in [0.2, 0.25) is 10.0 Å². The van der Waals surface area contributed by atoms with Gasteiger partial charge in [-0.2, -0.15) is 9.29 Å². The van der Waals surface area contributed by atoms with Crippen molar-refractivity contribution in [2.45, 2.75) is 76.0 Å². The number of hydrogen-bond acceptors (Lipinski definition) is 10. The fraction of sp³-hybridized carbons (Fsp3) is 0.576.